The van der Waals surface area contributed by atoms with Gasteiger partial charge in [0.15, 0.2) is 0 Å². The van der Waals surface area contributed by atoms with Crippen molar-refractivity contribution in [2.75, 3.05) is 26.3 Å². The number of likely N-dealkylation sites (tertiary alicyclic amines) is 1. The van der Waals surface area contributed by atoms with E-state index in [1.807, 2.05) is 6.92 Å². The second-order valence-electron chi connectivity index (χ2n) is 5.01. The van der Waals surface area contributed by atoms with Gasteiger partial charge in [0.1, 0.15) is 0 Å². The number of imide groups is 1. The molecule has 1 saturated heterocycles. The number of hydrogen-bond donors (Lipinski definition) is 1. The molecule has 104 valence electrons. The first-order valence-corrected chi connectivity index (χ1v) is 6.71. The van der Waals surface area contributed by atoms with Crippen LogP contribution in [0.5, 0.6) is 0 Å². The first-order chi connectivity index (χ1) is 8.56. The van der Waals surface area contributed by atoms with Crippen molar-refractivity contribution < 1.29 is 14.3 Å². The second kappa shape index (κ2) is 7.48. The van der Waals surface area contributed by atoms with Crippen molar-refractivity contribution in [3.05, 3.63) is 0 Å². The molecular formula is C13H24N2O3. The van der Waals surface area contributed by atoms with Crippen LogP contribution in [-0.4, -0.2) is 49.1 Å². The van der Waals surface area contributed by atoms with Gasteiger partial charge in [-0.25, -0.2) is 0 Å². The van der Waals surface area contributed by atoms with Crippen molar-refractivity contribution in [1.82, 2.24) is 10.2 Å². The number of ether oxygens (including phenoxy) is 1. The fourth-order valence-electron chi connectivity index (χ4n) is 1.94. The van der Waals surface area contributed by atoms with Gasteiger partial charge in [-0.2, -0.15) is 0 Å². The number of nitrogens with one attached hydrogen (secondary N) is 1. The Bertz CT molecular complexity index is 292. The topological polar surface area (TPSA) is 58.6 Å². The van der Waals surface area contributed by atoms with Crippen LogP contribution in [-0.2, 0) is 14.3 Å². The fourth-order valence-corrected chi connectivity index (χ4v) is 1.94. The lowest BCUT2D eigenvalue weighted by atomic mass is 10.2. The summed E-state index contributed by atoms with van der Waals surface area (Å²) in [5.41, 5.74) is 0. The molecule has 0 saturated carbocycles. The van der Waals surface area contributed by atoms with Crippen molar-refractivity contribution in [3.63, 3.8) is 0 Å². The van der Waals surface area contributed by atoms with Crippen molar-refractivity contribution in [1.29, 1.82) is 0 Å². The minimum absolute atomic E-state index is 0.0731. The SMILES string of the molecule is CCN1C(=O)CC(NCCCOCC(C)C)C1=O. The van der Waals surface area contributed by atoms with Crippen molar-refractivity contribution >= 4 is 11.8 Å². The van der Waals surface area contributed by atoms with Gasteiger partial charge in [0.2, 0.25) is 11.8 Å². The lowest BCUT2D eigenvalue weighted by molar-refractivity contribution is -0.138. The molecule has 5 heteroatoms. The van der Waals surface area contributed by atoms with Gasteiger partial charge < -0.3 is 10.1 Å². The van der Waals surface area contributed by atoms with E-state index in [0.29, 0.717) is 32.0 Å². The van der Waals surface area contributed by atoms with Crippen molar-refractivity contribution in [2.24, 2.45) is 5.92 Å². The van der Waals surface area contributed by atoms with E-state index >= 15 is 0 Å². The van der Waals surface area contributed by atoms with Gasteiger partial charge in [-0.05, 0) is 25.8 Å². The quantitative estimate of drug-likeness (QED) is 0.515. The van der Waals surface area contributed by atoms with Crippen LogP contribution < -0.4 is 5.32 Å². The maximum atomic E-state index is 11.8. The van der Waals surface area contributed by atoms with Gasteiger partial charge in [-0.15, -0.1) is 0 Å². The van der Waals surface area contributed by atoms with E-state index in [9.17, 15) is 9.59 Å². The third-order valence-corrected chi connectivity index (χ3v) is 2.87. The Morgan fingerprint density at radius 1 is 1.44 bits per heavy atom. The monoisotopic (exact) mass is 256 g/mol. The molecule has 1 unspecified atom stereocenters. The number of rotatable bonds is 8. The summed E-state index contributed by atoms with van der Waals surface area (Å²) < 4.78 is 5.45. The summed E-state index contributed by atoms with van der Waals surface area (Å²) in [6.07, 6.45) is 1.15. The van der Waals surface area contributed by atoms with Crippen LogP contribution in [0, 0.1) is 5.92 Å². The normalized spacial score (nSPS) is 20.2. The van der Waals surface area contributed by atoms with Crippen molar-refractivity contribution in [3.8, 4) is 0 Å². The number of hydrogen-bond acceptors (Lipinski definition) is 4. The summed E-state index contributed by atoms with van der Waals surface area (Å²) in [4.78, 5) is 24.6. The maximum Gasteiger partial charge on any atom is 0.246 e. The average Bonchev–Trinajstić information content (AvgIpc) is 2.58. The van der Waals surface area contributed by atoms with Crippen LogP contribution in [0.4, 0.5) is 0 Å². The largest absolute Gasteiger partial charge is 0.381 e. The van der Waals surface area contributed by atoms with Gasteiger partial charge >= 0.3 is 0 Å². The van der Waals surface area contributed by atoms with Gasteiger partial charge in [-0.3, -0.25) is 14.5 Å². The minimum atomic E-state index is -0.331. The molecule has 0 spiro atoms. The van der Waals surface area contributed by atoms with E-state index in [1.54, 1.807) is 0 Å². The van der Waals surface area contributed by atoms with E-state index in [-0.39, 0.29) is 17.9 Å². The highest BCUT2D eigenvalue weighted by Gasteiger charge is 2.36. The van der Waals surface area contributed by atoms with E-state index in [2.05, 4.69) is 19.2 Å². The predicted molar refractivity (Wildman–Crippen MR) is 69.1 cm³/mol. The first-order valence-electron chi connectivity index (χ1n) is 6.71. The molecule has 1 atom stereocenters. The van der Waals surface area contributed by atoms with Crippen LogP contribution >= 0.6 is 0 Å². The molecular weight excluding hydrogens is 232 g/mol. The number of likely N-dealkylation sites (N-methyl/N-ethyl adjacent to an activating group) is 1. The molecule has 1 fully saturated rings. The van der Waals surface area contributed by atoms with E-state index in [1.165, 1.54) is 4.90 Å². The number of carbonyl (C=O) groups excluding carboxylic acids is 2. The Kier molecular flexibility index (Phi) is 6.29. The van der Waals surface area contributed by atoms with Gasteiger partial charge in [0, 0.05) is 19.8 Å². The Balaban J connectivity index is 2.13. The molecule has 0 aromatic rings. The molecule has 0 radical (unpaired) electrons. The molecule has 1 aliphatic rings. The summed E-state index contributed by atoms with van der Waals surface area (Å²) >= 11 is 0. The average molecular weight is 256 g/mol. The zero-order chi connectivity index (χ0) is 13.5. The molecule has 1 rings (SSSR count). The molecule has 0 aromatic carbocycles. The lowest BCUT2D eigenvalue weighted by Gasteiger charge is -2.13. The third-order valence-electron chi connectivity index (χ3n) is 2.87. The van der Waals surface area contributed by atoms with Crippen LogP contribution in [0.2, 0.25) is 0 Å². The van der Waals surface area contributed by atoms with Crippen LogP contribution in [0.15, 0.2) is 0 Å². The first kappa shape index (κ1) is 15.1. The van der Waals surface area contributed by atoms with Crippen LogP contribution in [0.25, 0.3) is 0 Å². The molecule has 1 heterocycles. The predicted octanol–water partition coefficient (Wildman–Crippen LogP) is 0.786. The summed E-state index contributed by atoms with van der Waals surface area (Å²) in [5.74, 6) is 0.381. The standard InChI is InChI=1S/C13H24N2O3/c1-4-15-12(16)8-11(13(15)17)14-6-5-7-18-9-10(2)3/h10-11,14H,4-9H2,1-3H3. The lowest BCUT2D eigenvalue weighted by Crippen LogP contribution is -2.39. The smallest absolute Gasteiger partial charge is 0.246 e. The van der Waals surface area contributed by atoms with Gasteiger partial charge in [-0.1, -0.05) is 13.8 Å². The Morgan fingerprint density at radius 2 is 2.17 bits per heavy atom. The molecule has 18 heavy (non-hydrogen) atoms. The van der Waals surface area contributed by atoms with Gasteiger partial charge in [0.05, 0.1) is 12.5 Å². The van der Waals surface area contributed by atoms with Crippen molar-refractivity contribution in [2.45, 2.75) is 39.7 Å². The highest BCUT2D eigenvalue weighted by atomic mass is 16.5. The second-order valence-corrected chi connectivity index (χ2v) is 5.01. The molecule has 0 aliphatic carbocycles. The summed E-state index contributed by atoms with van der Waals surface area (Å²) in [6.45, 7) is 8.67. The number of carbonyl (C=O) groups is 2. The maximum absolute atomic E-state index is 11.8. The van der Waals surface area contributed by atoms with E-state index < -0.39 is 0 Å². The molecule has 0 aromatic heterocycles. The summed E-state index contributed by atoms with van der Waals surface area (Å²) in [6, 6.07) is -0.331. The third kappa shape index (κ3) is 4.38. The molecule has 0 bridgehead atoms. The molecule has 1 aliphatic heterocycles. The fraction of sp³-hybridized carbons (Fsp3) is 0.846. The minimum Gasteiger partial charge on any atom is -0.381 e. The van der Waals surface area contributed by atoms with Crippen LogP contribution in [0.1, 0.15) is 33.6 Å². The summed E-state index contributed by atoms with van der Waals surface area (Å²) in [5, 5.41) is 3.12. The van der Waals surface area contributed by atoms with Crippen LogP contribution in [0.3, 0.4) is 0 Å². The number of nitrogens with zero attached hydrogens (tertiary/aromatic N) is 1. The molecule has 1 N–H and O–H groups in total. The molecule has 5 nitrogen and oxygen atoms in total. The Labute approximate surface area is 109 Å². The number of amides is 2. The zero-order valence-corrected chi connectivity index (χ0v) is 11.6. The van der Waals surface area contributed by atoms with E-state index in [4.69, 9.17) is 4.74 Å². The summed E-state index contributed by atoms with van der Waals surface area (Å²) in [7, 11) is 0. The highest BCUT2D eigenvalue weighted by molar-refractivity contribution is 6.05. The van der Waals surface area contributed by atoms with E-state index in [0.717, 1.165) is 13.0 Å². The molecule has 2 amide bonds. The Morgan fingerprint density at radius 3 is 2.72 bits per heavy atom. The van der Waals surface area contributed by atoms with Gasteiger partial charge in [0.25, 0.3) is 0 Å². The Hall–Kier alpha value is -0.940. The zero-order valence-electron chi connectivity index (χ0n) is 11.6. The highest BCUT2D eigenvalue weighted by Crippen LogP contribution is 2.12.